The van der Waals surface area contributed by atoms with Crippen molar-refractivity contribution in [3.8, 4) is 11.5 Å². The maximum absolute atomic E-state index is 12.7. The number of nitrogens with one attached hydrogen (secondary N) is 2. The minimum absolute atomic E-state index is 0.159. The van der Waals surface area contributed by atoms with Crippen molar-refractivity contribution < 1.29 is 19.1 Å². The molecule has 0 spiro atoms. The molecule has 174 valence electrons. The molecule has 1 aliphatic rings. The second-order valence-corrected chi connectivity index (χ2v) is 8.34. The molecule has 33 heavy (non-hydrogen) atoms. The number of anilines is 1. The van der Waals surface area contributed by atoms with Gasteiger partial charge in [0.2, 0.25) is 5.91 Å². The molecule has 0 aliphatic heterocycles. The van der Waals surface area contributed by atoms with Gasteiger partial charge in [0.15, 0.2) is 11.5 Å². The fraction of sp³-hybridized carbons (Fsp3) is 0.400. The van der Waals surface area contributed by atoms with Crippen molar-refractivity contribution in [2.75, 3.05) is 26.1 Å². The van der Waals surface area contributed by atoms with Gasteiger partial charge < -0.3 is 24.7 Å². The first kappa shape index (κ1) is 22.6. The first-order valence-electron chi connectivity index (χ1n) is 11.3. The summed E-state index contributed by atoms with van der Waals surface area (Å²) in [6.45, 7) is 0.565. The standard InChI is InChI=1S/C25H30N4O4/c1-29-20-10-9-18(27-25(31)17-8-11-21(32-2)22(14-17)33-3)15-19(20)28-23(29)12-13-26-24(30)16-6-4-5-7-16/h8-11,14-16H,4-7,12-13H2,1-3H3,(H,26,30)(H,27,31). The summed E-state index contributed by atoms with van der Waals surface area (Å²) >= 11 is 0. The summed E-state index contributed by atoms with van der Waals surface area (Å²) in [5.41, 5.74) is 2.88. The molecule has 1 fully saturated rings. The minimum atomic E-state index is -0.249. The van der Waals surface area contributed by atoms with Gasteiger partial charge in [-0.2, -0.15) is 0 Å². The summed E-state index contributed by atoms with van der Waals surface area (Å²) in [6, 6.07) is 10.7. The second kappa shape index (κ2) is 9.94. The lowest BCUT2D eigenvalue weighted by atomic mass is 10.1. The summed E-state index contributed by atoms with van der Waals surface area (Å²) in [7, 11) is 5.05. The summed E-state index contributed by atoms with van der Waals surface area (Å²) in [6.07, 6.45) is 4.93. The van der Waals surface area contributed by atoms with Crippen LogP contribution in [-0.2, 0) is 18.3 Å². The zero-order valence-corrected chi connectivity index (χ0v) is 19.3. The second-order valence-electron chi connectivity index (χ2n) is 8.34. The van der Waals surface area contributed by atoms with Gasteiger partial charge >= 0.3 is 0 Å². The maximum atomic E-state index is 12.7. The number of fused-ring (bicyclic) bond motifs is 1. The van der Waals surface area contributed by atoms with Gasteiger partial charge in [-0.1, -0.05) is 12.8 Å². The average Bonchev–Trinajstić information content (AvgIpc) is 3.47. The van der Waals surface area contributed by atoms with Crippen molar-refractivity contribution in [3.05, 3.63) is 47.8 Å². The zero-order chi connectivity index (χ0) is 23.4. The SMILES string of the molecule is COc1ccc(C(=O)Nc2ccc3c(c2)nc(CCNC(=O)C2CCCC2)n3C)cc1OC. The predicted octanol–water partition coefficient (Wildman–Crippen LogP) is 3.69. The number of methoxy groups -OCH3 is 2. The molecule has 1 aromatic heterocycles. The molecule has 2 amide bonds. The van der Waals surface area contributed by atoms with E-state index in [0.29, 0.717) is 35.7 Å². The van der Waals surface area contributed by atoms with E-state index in [-0.39, 0.29) is 17.7 Å². The van der Waals surface area contributed by atoms with Crippen molar-refractivity contribution in [3.63, 3.8) is 0 Å². The van der Waals surface area contributed by atoms with Gasteiger partial charge in [0.05, 0.1) is 25.3 Å². The van der Waals surface area contributed by atoms with E-state index in [1.165, 1.54) is 7.11 Å². The van der Waals surface area contributed by atoms with Crippen LogP contribution in [0.3, 0.4) is 0 Å². The third-order valence-corrected chi connectivity index (χ3v) is 6.25. The molecule has 0 saturated heterocycles. The van der Waals surface area contributed by atoms with E-state index in [1.807, 2.05) is 29.8 Å². The monoisotopic (exact) mass is 450 g/mol. The lowest BCUT2D eigenvalue weighted by molar-refractivity contribution is -0.124. The highest BCUT2D eigenvalue weighted by molar-refractivity contribution is 6.05. The largest absolute Gasteiger partial charge is 0.493 e. The quantitative estimate of drug-likeness (QED) is 0.546. The van der Waals surface area contributed by atoms with E-state index in [2.05, 4.69) is 10.6 Å². The van der Waals surface area contributed by atoms with Crippen molar-refractivity contribution >= 4 is 28.5 Å². The molecule has 1 saturated carbocycles. The zero-order valence-electron chi connectivity index (χ0n) is 19.3. The first-order chi connectivity index (χ1) is 16.0. The Morgan fingerprint density at radius 1 is 1.06 bits per heavy atom. The van der Waals surface area contributed by atoms with Crippen LogP contribution in [0.1, 0.15) is 41.9 Å². The van der Waals surface area contributed by atoms with Crippen LogP contribution in [0.4, 0.5) is 5.69 Å². The lowest BCUT2D eigenvalue weighted by Crippen LogP contribution is -2.31. The van der Waals surface area contributed by atoms with Crippen molar-refractivity contribution in [1.29, 1.82) is 0 Å². The number of aromatic nitrogens is 2. The average molecular weight is 451 g/mol. The summed E-state index contributed by atoms with van der Waals surface area (Å²) in [5.74, 6) is 2.03. The van der Waals surface area contributed by atoms with Crippen LogP contribution in [0, 0.1) is 5.92 Å². The van der Waals surface area contributed by atoms with Crippen molar-refractivity contribution in [2.45, 2.75) is 32.1 Å². The van der Waals surface area contributed by atoms with E-state index >= 15 is 0 Å². The number of carbonyl (C=O) groups is 2. The summed E-state index contributed by atoms with van der Waals surface area (Å²) in [4.78, 5) is 29.7. The molecule has 2 aromatic carbocycles. The number of amides is 2. The Balaban J connectivity index is 1.42. The third kappa shape index (κ3) is 4.94. The summed E-state index contributed by atoms with van der Waals surface area (Å²) < 4.78 is 12.5. The molecule has 2 N–H and O–H groups in total. The fourth-order valence-corrected chi connectivity index (χ4v) is 4.36. The lowest BCUT2D eigenvalue weighted by Gasteiger charge is -2.10. The Morgan fingerprint density at radius 2 is 1.82 bits per heavy atom. The van der Waals surface area contributed by atoms with Crippen LogP contribution in [0.5, 0.6) is 11.5 Å². The number of imidazole rings is 1. The van der Waals surface area contributed by atoms with Crippen molar-refractivity contribution in [1.82, 2.24) is 14.9 Å². The molecule has 1 aliphatic carbocycles. The van der Waals surface area contributed by atoms with E-state index < -0.39 is 0 Å². The Morgan fingerprint density at radius 3 is 2.55 bits per heavy atom. The Hall–Kier alpha value is -3.55. The first-order valence-corrected chi connectivity index (χ1v) is 11.3. The highest BCUT2D eigenvalue weighted by Gasteiger charge is 2.22. The Bertz CT molecular complexity index is 1160. The summed E-state index contributed by atoms with van der Waals surface area (Å²) in [5, 5.41) is 5.96. The molecule has 3 aromatic rings. The van der Waals surface area contributed by atoms with E-state index in [4.69, 9.17) is 14.5 Å². The van der Waals surface area contributed by atoms with Gasteiger partial charge in [-0.3, -0.25) is 9.59 Å². The molecule has 8 heteroatoms. The number of hydrogen-bond donors (Lipinski definition) is 2. The van der Waals surface area contributed by atoms with E-state index in [1.54, 1.807) is 25.3 Å². The molecule has 0 unspecified atom stereocenters. The van der Waals surface area contributed by atoms with Crippen molar-refractivity contribution in [2.24, 2.45) is 13.0 Å². The maximum Gasteiger partial charge on any atom is 0.255 e. The number of hydrogen-bond acceptors (Lipinski definition) is 5. The molecular weight excluding hydrogens is 420 g/mol. The van der Waals surface area contributed by atoms with Gasteiger partial charge in [-0.05, 0) is 49.2 Å². The number of rotatable bonds is 8. The third-order valence-electron chi connectivity index (χ3n) is 6.25. The van der Waals surface area contributed by atoms with E-state index in [9.17, 15) is 9.59 Å². The normalized spacial score (nSPS) is 13.8. The Kier molecular flexibility index (Phi) is 6.82. The highest BCUT2D eigenvalue weighted by atomic mass is 16.5. The highest BCUT2D eigenvalue weighted by Crippen LogP contribution is 2.28. The van der Waals surface area contributed by atoms with Gasteiger partial charge in [-0.15, -0.1) is 0 Å². The number of carbonyl (C=O) groups excluding carboxylic acids is 2. The minimum Gasteiger partial charge on any atom is -0.493 e. The van der Waals surface area contributed by atoms with Gasteiger partial charge in [0.25, 0.3) is 5.91 Å². The number of ether oxygens (including phenoxy) is 2. The van der Waals surface area contributed by atoms with Crippen LogP contribution in [0.15, 0.2) is 36.4 Å². The smallest absolute Gasteiger partial charge is 0.255 e. The molecule has 0 bridgehead atoms. The van der Waals surface area contributed by atoms with Gasteiger partial charge in [-0.25, -0.2) is 4.98 Å². The van der Waals surface area contributed by atoms with Gasteiger partial charge in [0, 0.05) is 37.2 Å². The topological polar surface area (TPSA) is 94.5 Å². The predicted molar refractivity (Wildman–Crippen MR) is 127 cm³/mol. The van der Waals surface area contributed by atoms with Crippen LogP contribution < -0.4 is 20.1 Å². The number of aryl methyl sites for hydroxylation is 1. The molecule has 8 nitrogen and oxygen atoms in total. The molecule has 1 heterocycles. The molecule has 0 radical (unpaired) electrons. The Labute approximate surface area is 193 Å². The number of nitrogens with zero attached hydrogens (tertiary/aromatic N) is 2. The van der Waals surface area contributed by atoms with Crippen LogP contribution in [0.2, 0.25) is 0 Å². The van der Waals surface area contributed by atoms with E-state index in [0.717, 1.165) is 42.5 Å². The molecular formula is C25H30N4O4. The molecule has 0 atom stereocenters. The van der Waals surface area contributed by atoms with Crippen LogP contribution in [-0.4, -0.2) is 42.1 Å². The molecule has 4 rings (SSSR count). The van der Waals surface area contributed by atoms with Crippen LogP contribution >= 0.6 is 0 Å². The van der Waals surface area contributed by atoms with Crippen LogP contribution in [0.25, 0.3) is 11.0 Å². The number of benzene rings is 2. The van der Waals surface area contributed by atoms with Gasteiger partial charge in [0.1, 0.15) is 5.82 Å². The fourth-order valence-electron chi connectivity index (χ4n) is 4.36.